The number of nitro groups is 1. The van der Waals surface area contributed by atoms with Crippen LogP contribution in [0.4, 0.5) is 11.4 Å². The highest BCUT2D eigenvalue weighted by Crippen LogP contribution is 2.20. The van der Waals surface area contributed by atoms with E-state index in [1.807, 2.05) is 0 Å². The smallest absolute Gasteiger partial charge is 0.270 e. The molecule has 16 heavy (non-hydrogen) atoms. The highest BCUT2D eigenvalue weighted by atomic mass is 16.6. The number of rotatable bonds is 3. The average Bonchev–Trinajstić information content (AvgIpc) is 2.21. The summed E-state index contributed by atoms with van der Waals surface area (Å²) in [6.45, 7) is 1.62. The molecule has 1 amide bonds. The summed E-state index contributed by atoms with van der Waals surface area (Å²) in [6, 6.07) is 4.03. The lowest BCUT2D eigenvalue weighted by Gasteiger charge is -2.04. The SMILES string of the molecule is Cc1cc([N+](=O)[O-])ccc1NC(=O)C=NO. The molecule has 0 bridgehead atoms. The van der Waals surface area contributed by atoms with E-state index >= 15 is 0 Å². The third kappa shape index (κ3) is 2.77. The molecule has 84 valence electrons. The van der Waals surface area contributed by atoms with Gasteiger partial charge in [0.15, 0.2) is 0 Å². The first-order valence-corrected chi connectivity index (χ1v) is 4.28. The predicted molar refractivity (Wildman–Crippen MR) is 56.7 cm³/mol. The standard InChI is InChI=1S/C9H9N3O4/c1-6-4-7(12(15)16)2-3-8(6)11-9(13)5-10-14/h2-5,14H,1H3,(H,11,13). The van der Waals surface area contributed by atoms with Gasteiger partial charge < -0.3 is 10.5 Å². The molecule has 0 aromatic heterocycles. The molecule has 7 heteroatoms. The Kier molecular flexibility index (Phi) is 3.54. The van der Waals surface area contributed by atoms with Gasteiger partial charge in [-0.3, -0.25) is 14.9 Å². The third-order valence-corrected chi connectivity index (χ3v) is 1.85. The number of benzene rings is 1. The van der Waals surface area contributed by atoms with Crippen LogP contribution in [0.1, 0.15) is 5.56 Å². The minimum Gasteiger partial charge on any atom is -0.411 e. The average molecular weight is 223 g/mol. The second-order valence-electron chi connectivity index (χ2n) is 2.99. The molecule has 1 aromatic carbocycles. The number of anilines is 1. The Morgan fingerprint density at radius 1 is 1.62 bits per heavy atom. The number of nitrogens with one attached hydrogen (secondary N) is 1. The van der Waals surface area contributed by atoms with E-state index in [1.165, 1.54) is 18.2 Å². The van der Waals surface area contributed by atoms with Crippen molar-refractivity contribution in [1.82, 2.24) is 0 Å². The highest BCUT2D eigenvalue weighted by molar-refractivity contribution is 6.31. The second kappa shape index (κ2) is 4.87. The lowest BCUT2D eigenvalue weighted by Crippen LogP contribution is -2.13. The summed E-state index contributed by atoms with van der Waals surface area (Å²) in [7, 11) is 0. The maximum absolute atomic E-state index is 11.0. The molecular weight excluding hydrogens is 214 g/mol. The molecule has 0 fully saturated rings. The first-order valence-electron chi connectivity index (χ1n) is 4.28. The molecule has 7 nitrogen and oxygen atoms in total. The van der Waals surface area contributed by atoms with E-state index in [2.05, 4.69) is 10.5 Å². The summed E-state index contributed by atoms with van der Waals surface area (Å²) in [5.41, 5.74) is 0.927. The van der Waals surface area contributed by atoms with Crippen molar-refractivity contribution in [2.75, 3.05) is 5.32 Å². The van der Waals surface area contributed by atoms with Gasteiger partial charge in [-0.25, -0.2) is 0 Å². The van der Waals surface area contributed by atoms with Crippen LogP contribution in [0.2, 0.25) is 0 Å². The van der Waals surface area contributed by atoms with E-state index in [-0.39, 0.29) is 5.69 Å². The van der Waals surface area contributed by atoms with Crippen molar-refractivity contribution in [1.29, 1.82) is 0 Å². The van der Waals surface area contributed by atoms with E-state index < -0.39 is 10.8 Å². The number of non-ortho nitro benzene ring substituents is 1. The number of amides is 1. The fraction of sp³-hybridized carbons (Fsp3) is 0.111. The fourth-order valence-electron chi connectivity index (χ4n) is 1.12. The normalized spacial score (nSPS) is 10.3. The first kappa shape index (κ1) is 11.6. The molecule has 0 spiro atoms. The molecule has 0 radical (unpaired) electrons. The molecule has 0 atom stereocenters. The van der Waals surface area contributed by atoms with Crippen LogP contribution in [0.3, 0.4) is 0 Å². The van der Waals surface area contributed by atoms with Gasteiger partial charge in [0.25, 0.3) is 11.6 Å². The number of carbonyl (C=O) groups excluding carboxylic acids is 1. The number of nitrogens with zero attached hydrogens (tertiary/aromatic N) is 2. The third-order valence-electron chi connectivity index (χ3n) is 1.85. The maximum atomic E-state index is 11.0. The van der Waals surface area contributed by atoms with Crippen LogP contribution < -0.4 is 5.32 Å². The van der Waals surface area contributed by atoms with Crippen molar-refractivity contribution < 1.29 is 14.9 Å². The first-order chi connectivity index (χ1) is 7.54. The van der Waals surface area contributed by atoms with Crippen LogP contribution in [-0.2, 0) is 4.79 Å². The van der Waals surface area contributed by atoms with Crippen LogP contribution in [0.25, 0.3) is 0 Å². The van der Waals surface area contributed by atoms with Gasteiger partial charge in [-0.1, -0.05) is 5.16 Å². The molecule has 0 aliphatic rings. The summed E-state index contributed by atoms with van der Waals surface area (Å²) in [5.74, 6) is -0.612. The maximum Gasteiger partial charge on any atom is 0.270 e. The van der Waals surface area contributed by atoms with Crippen molar-refractivity contribution in [2.24, 2.45) is 5.16 Å². The Morgan fingerprint density at radius 3 is 2.81 bits per heavy atom. The lowest BCUT2D eigenvalue weighted by molar-refractivity contribution is -0.384. The van der Waals surface area contributed by atoms with Gasteiger partial charge in [-0.15, -0.1) is 0 Å². The molecule has 2 N–H and O–H groups in total. The van der Waals surface area contributed by atoms with Gasteiger partial charge in [0.1, 0.15) is 6.21 Å². The Bertz CT molecular complexity index is 456. The highest BCUT2D eigenvalue weighted by Gasteiger charge is 2.09. The van der Waals surface area contributed by atoms with Crippen molar-refractivity contribution in [3.05, 3.63) is 33.9 Å². The summed E-state index contributed by atoms with van der Waals surface area (Å²) in [6.07, 6.45) is 0.695. The number of carbonyl (C=O) groups is 1. The summed E-state index contributed by atoms with van der Waals surface area (Å²) < 4.78 is 0. The second-order valence-corrected chi connectivity index (χ2v) is 2.99. The van der Waals surface area contributed by atoms with Crippen LogP contribution in [0.15, 0.2) is 23.4 Å². The largest absolute Gasteiger partial charge is 0.411 e. The topological polar surface area (TPSA) is 105 Å². The van der Waals surface area contributed by atoms with Crippen molar-refractivity contribution >= 4 is 23.5 Å². The van der Waals surface area contributed by atoms with Crippen molar-refractivity contribution in [2.45, 2.75) is 6.92 Å². The molecule has 1 rings (SSSR count). The minimum atomic E-state index is -0.612. The lowest BCUT2D eigenvalue weighted by atomic mass is 10.2. The molecule has 1 aromatic rings. The van der Waals surface area contributed by atoms with E-state index in [0.29, 0.717) is 17.5 Å². The van der Waals surface area contributed by atoms with Crippen molar-refractivity contribution in [3.8, 4) is 0 Å². The van der Waals surface area contributed by atoms with E-state index in [4.69, 9.17) is 5.21 Å². The van der Waals surface area contributed by atoms with Crippen LogP contribution in [0.5, 0.6) is 0 Å². The quantitative estimate of drug-likeness (QED) is 0.348. The molecular formula is C9H9N3O4. The van der Waals surface area contributed by atoms with Crippen LogP contribution >= 0.6 is 0 Å². The van der Waals surface area contributed by atoms with Crippen LogP contribution in [-0.4, -0.2) is 22.3 Å². The van der Waals surface area contributed by atoms with Gasteiger partial charge in [-0.2, -0.15) is 0 Å². The van der Waals surface area contributed by atoms with E-state index in [1.54, 1.807) is 6.92 Å². The summed E-state index contributed by atoms with van der Waals surface area (Å²) in [5, 5.41) is 23.5. The Balaban J connectivity index is 2.91. The molecule has 0 aliphatic heterocycles. The Morgan fingerprint density at radius 2 is 2.31 bits per heavy atom. The summed E-state index contributed by atoms with van der Waals surface area (Å²) >= 11 is 0. The molecule has 0 unspecified atom stereocenters. The van der Waals surface area contributed by atoms with Crippen LogP contribution in [0, 0.1) is 17.0 Å². The molecule has 0 heterocycles. The zero-order chi connectivity index (χ0) is 12.1. The number of hydrogen-bond donors (Lipinski definition) is 2. The molecule has 0 aliphatic carbocycles. The number of hydrogen-bond acceptors (Lipinski definition) is 5. The zero-order valence-electron chi connectivity index (χ0n) is 8.38. The van der Waals surface area contributed by atoms with Gasteiger partial charge in [0.2, 0.25) is 0 Å². The Hall–Kier alpha value is -2.44. The number of oxime groups is 1. The zero-order valence-corrected chi connectivity index (χ0v) is 8.38. The molecule has 0 saturated heterocycles. The number of aryl methyl sites for hydroxylation is 1. The van der Waals surface area contributed by atoms with Crippen molar-refractivity contribution in [3.63, 3.8) is 0 Å². The van der Waals surface area contributed by atoms with E-state index in [0.717, 1.165) is 0 Å². The summed E-state index contributed by atoms with van der Waals surface area (Å²) in [4.78, 5) is 21.0. The van der Waals surface area contributed by atoms with Gasteiger partial charge in [0, 0.05) is 17.8 Å². The minimum absolute atomic E-state index is 0.0497. The Labute approximate surface area is 90.5 Å². The van der Waals surface area contributed by atoms with E-state index in [9.17, 15) is 14.9 Å². The van der Waals surface area contributed by atoms with Gasteiger partial charge in [-0.05, 0) is 18.6 Å². The monoisotopic (exact) mass is 223 g/mol. The number of nitro benzene ring substituents is 1. The molecule has 0 saturated carbocycles. The van der Waals surface area contributed by atoms with Gasteiger partial charge in [0.05, 0.1) is 4.92 Å². The predicted octanol–water partition coefficient (Wildman–Crippen LogP) is 1.30. The van der Waals surface area contributed by atoms with Gasteiger partial charge >= 0.3 is 0 Å². The fourth-order valence-corrected chi connectivity index (χ4v) is 1.12.